The molecular weight excluding hydrogens is 184 g/mol. The van der Waals surface area contributed by atoms with Crippen LogP contribution in [-0.4, -0.2) is 26.2 Å². The number of hydrogen-bond donors (Lipinski definition) is 2. The zero-order chi connectivity index (χ0) is 10.6. The topological polar surface area (TPSA) is 24.1 Å². The van der Waals surface area contributed by atoms with Gasteiger partial charge in [0.2, 0.25) is 0 Å². The van der Waals surface area contributed by atoms with Gasteiger partial charge in [-0.2, -0.15) is 0 Å². The molecule has 2 rings (SSSR count). The maximum atomic E-state index is 3.64. The van der Waals surface area contributed by atoms with Crippen molar-refractivity contribution in [2.24, 2.45) is 11.3 Å². The second kappa shape index (κ2) is 5.31. The lowest BCUT2D eigenvalue weighted by atomic mass is 9.83. The normalized spacial score (nSPS) is 31.8. The Bertz CT molecular complexity index is 181. The average molecular weight is 210 g/mol. The van der Waals surface area contributed by atoms with Crippen molar-refractivity contribution < 1.29 is 0 Å². The van der Waals surface area contributed by atoms with Gasteiger partial charge in [0, 0.05) is 13.1 Å². The van der Waals surface area contributed by atoms with Crippen molar-refractivity contribution in [2.75, 3.05) is 26.2 Å². The maximum Gasteiger partial charge on any atom is 0.00173 e. The van der Waals surface area contributed by atoms with E-state index in [9.17, 15) is 0 Å². The predicted molar refractivity (Wildman–Crippen MR) is 65.0 cm³/mol. The minimum absolute atomic E-state index is 0.512. The molecule has 0 spiro atoms. The van der Waals surface area contributed by atoms with E-state index in [1.54, 1.807) is 0 Å². The number of rotatable bonds is 6. The van der Waals surface area contributed by atoms with Gasteiger partial charge in [0.15, 0.2) is 0 Å². The van der Waals surface area contributed by atoms with Gasteiger partial charge in [-0.15, -0.1) is 0 Å². The molecule has 0 aromatic heterocycles. The molecule has 1 atom stereocenters. The molecule has 2 N–H and O–H groups in total. The highest BCUT2D eigenvalue weighted by atomic mass is 14.9. The van der Waals surface area contributed by atoms with E-state index in [1.165, 1.54) is 64.7 Å². The minimum Gasteiger partial charge on any atom is -0.316 e. The van der Waals surface area contributed by atoms with Crippen LogP contribution >= 0.6 is 0 Å². The molecular formula is C13H26N2. The Hall–Kier alpha value is -0.0800. The van der Waals surface area contributed by atoms with Crippen LogP contribution in [0.5, 0.6) is 0 Å². The zero-order valence-corrected chi connectivity index (χ0v) is 10.1. The number of piperidine rings is 1. The van der Waals surface area contributed by atoms with Crippen LogP contribution in [0.2, 0.25) is 0 Å². The van der Waals surface area contributed by atoms with Crippen molar-refractivity contribution in [2.45, 2.75) is 45.4 Å². The van der Waals surface area contributed by atoms with Crippen molar-refractivity contribution in [3.8, 4) is 0 Å². The van der Waals surface area contributed by atoms with E-state index in [0.717, 1.165) is 5.92 Å². The second-order valence-corrected chi connectivity index (χ2v) is 5.85. The fourth-order valence-electron chi connectivity index (χ4n) is 2.58. The number of hydrogen-bond acceptors (Lipinski definition) is 2. The molecule has 88 valence electrons. The van der Waals surface area contributed by atoms with Crippen LogP contribution in [0.15, 0.2) is 0 Å². The second-order valence-electron chi connectivity index (χ2n) is 5.85. The zero-order valence-electron chi connectivity index (χ0n) is 10.1. The molecule has 0 radical (unpaired) electrons. The van der Waals surface area contributed by atoms with Gasteiger partial charge in [0.05, 0.1) is 0 Å². The summed E-state index contributed by atoms with van der Waals surface area (Å²) in [6.45, 7) is 7.25. The van der Waals surface area contributed by atoms with E-state index in [4.69, 9.17) is 0 Å². The number of nitrogens with one attached hydrogen (secondary N) is 2. The Morgan fingerprint density at radius 3 is 2.93 bits per heavy atom. The van der Waals surface area contributed by atoms with Crippen LogP contribution in [0, 0.1) is 11.3 Å². The first-order valence-corrected chi connectivity index (χ1v) is 6.70. The molecule has 0 bridgehead atoms. The van der Waals surface area contributed by atoms with Gasteiger partial charge in [0.25, 0.3) is 0 Å². The van der Waals surface area contributed by atoms with Crippen LogP contribution in [-0.2, 0) is 0 Å². The molecule has 2 fully saturated rings. The van der Waals surface area contributed by atoms with Crippen molar-refractivity contribution in [3.05, 3.63) is 0 Å². The Morgan fingerprint density at radius 1 is 1.40 bits per heavy atom. The van der Waals surface area contributed by atoms with Gasteiger partial charge >= 0.3 is 0 Å². The molecule has 0 aromatic carbocycles. The Labute approximate surface area is 94.2 Å². The minimum atomic E-state index is 0.512. The highest BCUT2D eigenvalue weighted by Crippen LogP contribution is 2.33. The summed E-state index contributed by atoms with van der Waals surface area (Å²) in [5, 5.41) is 7.14. The average Bonchev–Trinajstić information content (AvgIpc) is 3.02. The summed E-state index contributed by atoms with van der Waals surface area (Å²) < 4.78 is 0. The lowest BCUT2D eigenvalue weighted by molar-refractivity contribution is 0.226. The van der Waals surface area contributed by atoms with Crippen molar-refractivity contribution in [3.63, 3.8) is 0 Å². The third-order valence-corrected chi connectivity index (χ3v) is 3.90. The van der Waals surface area contributed by atoms with Gasteiger partial charge in [-0.3, -0.25) is 0 Å². The lowest BCUT2D eigenvalue weighted by Gasteiger charge is -2.34. The summed E-state index contributed by atoms with van der Waals surface area (Å²) in [6, 6.07) is 0. The van der Waals surface area contributed by atoms with Crippen molar-refractivity contribution in [1.82, 2.24) is 10.6 Å². The van der Waals surface area contributed by atoms with E-state index in [2.05, 4.69) is 17.6 Å². The Kier molecular flexibility index (Phi) is 4.04. The molecule has 1 aliphatic carbocycles. The summed E-state index contributed by atoms with van der Waals surface area (Å²) in [5.74, 6) is 1.10. The molecule has 2 heteroatoms. The van der Waals surface area contributed by atoms with E-state index in [-0.39, 0.29) is 0 Å². The standard InChI is InChI=1S/C13H26N2/c1-13(7-3-9-15-11-13)10-14-8-2-4-12-5-6-12/h12,14-15H,2-11H2,1H3. The largest absolute Gasteiger partial charge is 0.316 e. The summed E-state index contributed by atoms with van der Waals surface area (Å²) in [7, 11) is 0. The van der Waals surface area contributed by atoms with Crippen molar-refractivity contribution in [1.29, 1.82) is 0 Å². The van der Waals surface area contributed by atoms with Crippen molar-refractivity contribution >= 4 is 0 Å². The third-order valence-electron chi connectivity index (χ3n) is 3.90. The first-order chi connectivity index (χ1) is 7.29. The molecule has 1 aliphatic heterocycles. The predicted octanol–water partition coefficient (Wildman–Crippen LogP) is 2.16. The summed E-state index contributed by atoms with van der Waals surface area (Å²) in [6.07, 6.45) is 8.58. The molecule has 0 amide bonds. The summed E-state index contributed by atoms with van der Waals surface area (Å²) in [5.41, 5.74) is 0.512. The molecule has 15 heavy (non-hydrogen) atoms. The van der Waals surface area contributed by atoms with Crippen LogP contribution in [0.1, 0.15) is 45.4 Å². The summed E-state index contributed by atoms with van der Waals surface area (Å²) in [4.78, 5) is 0. The molecule has 1 heterocycles. The fraction of sp³-hybridized carbons (Fsp3) is 1.00. The smallest absolute Gasteiger partial charge is 0.00173 e. The quantitative estimate of drug-likeness (QED) is 0.657. The molecule has 2 aliphatic rings. The Morgan fingerprint density at radius 2 is 2.27 bits per heavy atom. The van der Waals surface area contributed by atoms with Gasteiger partial charge in [-0.05, 0) is 50.1 Å². The lowest BCUT2D eigenvalue weighted by Crippen LogP contribution is -2.44. The van der Waals surface area contributed by atoms with Gasteiger partial charge in [-0.25, -0.2) is 0 Å². The molecule has 1 saturated heterocycles. The molecule has 2 nitrogen and oxygen atoms in total. The van der Waals surface area contributed by atoms with E-state index >= 15 is 0 Å². The fourth-order valence-corrected chi connectivity index (χ4v) is 2.58. The molecule has 1 unspecified atom stereocenters. The first kappa shape index (κ1) is 11.4. The Balaban J connectivity index is 1.51. The highest BCUT2D eigenvalue weighted by molar-refractivity contribution is 4.83. The third kappa shape index (κ3) is 4.12. The first-order valence-electron chi connectivity index (χ1n) is 6.70. The van der Waals surface area contributed by atoms with Gasteiger partial charge in [0.1, 0.15) is 0 Å². The van der Waals surface area contributed by atoms with E-state index in [1.807, 2.05) is 0 Å². The van der Waals surface area contributed by atoms with Crippen LogP contribution in [0.25, 0.3) is 0 Å². The van der Waals surface area contributed by atoms with Crippen LogP contribution in [0.4, 0.5) is 0 Å². The summed E-state index contributed by atoms with van der Waals surface area (Å²) >= 11 is 0. The van der Waals surface area contributed by atoms with Crippen LogP contribution < -0.4 is 10.6 Å². The molecule has 1 saturated carbocycles. The molecule has 0 aromatic rings. The van der Waals surface area contributed by atoms with Crippen LogP contribution in [0.3, 0.4) is 0 Å². The van der Waals surface area contributed by atoms with Gasteiger partial charge in [-0.1, -0.05) is 19.8 Å². The highest BCUT2D eigenvalue weighted by Gasteiger charge is 2.26. The maximum absolute atomic E-state index is 3.64. The van der Waals surface area contributed by atoms with E-state index < -0.39 is 0 Å². The van der Waals surface area contributed by atoms with E-state index in [0.29, 0.717) is 5.41 Å². The monoisotopic (exact) mass is 210 g/mol. The van der Waals surface area contributed by atoms with Gasteiger partial charge < -0.3 is 10.6 Å². The SMILES string of the molecule is CC1(CNCCCC2CC2)CCCNC1.